The van der Waals surface area contributed by atoms with Crippen molar-refractivity contribution in [3.63, 3.8) is 0 Å². The summed E-state index contributed by atoms with van der Waals surface area (Å²) in [5.41, 5.74) is 1.80. The Morgan fingerprint density at radius 1 is 1.62 bits per heavy atom. The molecule has 0 aliphatic carbocycles. The van der Waals surface area contributed by atoms with E-state index in [1.165, 1.54) is 18.7 Å². The molecule has 70 valence electrons. The predicted octanol–water partition coefficient (Wildman–Crippen LogP) is 1.10. The summed E-state index contributed by atoms with van der Waals surface area (Å²) in [5.74, 6) is -0.0692. The summed E-state index contributed by atoms with van der Waals surface area (Å²) in [6.07, 6.45) is 0. The predicted molar refractivity (Wildman–Crippen MR) is 49.5 cm³/mol. The SMILES string of the molecule is COc1ccc(S)c(C(=O)NO)c1. The zero-order valence-electron chi connectivity index (χ0n) is 6.94. The van der Waals surface area contributed by atoms with E-state index in [1.54, 1.807) is 12.1 Å². The van der Waals surface area contributed by atoms with Crippen molar-refractivity contribution in [2.75, 3.05) is 7.11 Å². The summed E-state index contributed by atoms with van der Waals surface area (Å²) in [7, 11) is 1.49. The Kier molecular flexibility index (Phi) is 3.16. The Balaban J connectivity index is 3.11. The Morgan fingerprint density at radius 2 is 2.31 bits per heavy atom. The molecule has 13 heavy (non-hydrogen) atoms. The molecule has 0 saturated heterocycles. The summed E-state index contributed by atoms with van der Waals surface area (Å²) in [6.45, 7) is 0. The van der Waals surface area contributed by atoms with Crippen molar-refractivity contribution < 1.29 is 14.7 Å². The fourth-order valence-electron chi connectivity index (χ4n) is 0.884. The maximum atomic E-state index is 11.0. The maximum Gasteiger partial charge on any atom is 0.275 e. The summed E-state index contributed by atoms with van der Waals surface area (Å²) < 4.78 is 4.91. The number of hydrogen-bond donors (Lipinski definition) is 3. The van der Waals surface area contributed by atoms with Crippen LogP contribution in [0.15, 0.2) is 23.1 Å². The molecule has 1 amide bonds. The van der Waals surface area contributed by atoms with Crippen LogP contribution in [0.1, 0.15) is 10.4 Å². The van der Waals surface area contributed by atoms with Gasteiger partial charge in [0.2, 0.25) is 0 Å². The van der Waals surface area contributed by atoms with Gasteiger partial charge in [0.1, 0.15) is 5.75 Å². The average Bonchev–Trinajstić information content (AvgIpc) is 2.17. The largest absolute Gasteiger partial charge is 0.497 e. The van der Waals surface area contributed by atoms with Crippen molar-refractivity contribution in [2.45, 2.75) is 4.90 Å². The molecule has 1 aromatic carbocycles. The van der Waals surface area contributed by atoms with Gasteiger partial charge in [-0.05, 0) is 18.2 Å². The summed E-state index contributed by atoms with van der Waals surface area (Å²) in [4.78, 5) is 11.5. The first-order chi connectivity index (χ1) is 6.19. The summed E-state index contributed by atoms with van der Waals surface area (Å²) in [6, 6.07) is 4.79. The van der Waals surface area contributed by atoms with Gasteiger partial charge >= 0.3 is 0 Å². The van der Waals surface area contributed by atoms with Gasteiger partial charge in [0.25, 0.3) is 5.91 Å². The minimum Gasteiger partial charge on any atom is -0.497 e. The number of amides is 1. The molecule has 0 bridgehead atoms. The zero-order valence-corrected chi connectivity index (χ0v) is 7.84. The minimum atomic E-state index is -0.608. The third kappa shape index (κ3) is 2.13. The van der Waals surface area contributed by atoms with Crippen molar-refractivity contribution in [1.29, 1.82) is 0 Å². The Bertz CT molecular complexity index is 327. The number of benzene rings is 1. The second kappa shape index (κ2) is 4.15. The molecule has 0 aliphatic heterocycles. The number of carbonyl (C=O) groups is 1. The van der Waals surface area contributed by atoms with Gasteiger partial charge in [0.05, 0.1) is 12.7 Å². The third-order valence-electron chi connectivity index (χ3n) is 1.55. The van der Waals surface area contributed by atoms with Gasteiger partial charge in [0.15, 0.2) is 0 Å². The molecule has 0 atom stereocenters. The molecule has 1 aromatic rings. The van der Waals surface area contributed by atoms with E-state index in [-0.39, 0.29) is 5.56 Å². The first-order valence-electron chi connectivity index (χ1n) is 3.50. The molecule has 0 saturated carbocycles. The van der Waals surface area contributed by atoms with E-state index >= 15 is 0 Å². The van der Waals surface area contributed by atoms with Crippen molar-refractivity contribution in [2.24, 2.45) is 0 Å². The van der Waals surface area contributed by atoms with Crippen LogP contribution >= 0.6 is 12.6 Å². The topological polar surface area (TPSA) is 58.6 Å². The van der Waals surface area contributed by atoms with Crippen LogP contribution < -0.4 is 10.2 Å². The van der Waals surface area contributed by atoms with Crippen LogP contribution in [0.25, 0.3) is 0 Å². The maximum absolute atomic E-state index is 11.0. The van der Waals surface area contributed by atoms with E-state index in [9.17, 15) is 4.79 Å². The van der Waals surface area contributed by atoms with Gasteiger partial charge in [-0.3, -0.25) is 10.0 Å². The molecule has 2 N–H and O–H groups in total. The van der Waals surface area contributed by atoms with Crippen LogP contribution in [0.5, 0.6) is 5.75 Å². The molecule has 0 heterocycles. The summed E-state index contributed by atoms with van der Waals surface area (Å²) >= 11 is 4.05. The number of nitrogens with one attached hydrogen (secondary N) is 1. The number of methoxy groups -OCH3 is 1. The molecule has 5 heteroatoms. The Labute approximate surface area is 80.9 Å². The monoisotopic (exact) mass is 199 g/mol. The van der Waals surface area contributed by atoms with Crippen LogP contribution in [0.2, 0.25) is 0 Å². The molecule has 0 aromatic heterocycles. The number of rotatable bonds is 2. The fourth-order valence-corrected chi connectivity index (χ4v) is 1.12. The van der Waals surface area contributed by atoms with Crippen LogP contribution in [0.3, 0.4) is 0 Å². The molecule has 0 unspecified atom stereocenters. The van der Waals surface area contributed by atoms with Crippen molar-refractivity contribution in [3.05, 3.63) is 23.8 Å². The molecular weight excluding hydrogens is 190 g/mol. The lowest BCUT2D eigenvalue weighted by Crippen LogP contribution is -2.19. The van der Waals surface area contributed by atoms with Crippen LogP contribution in [-0.4, -0.2) is 18.2 Å². The standard InChI is InChI=1S/C8H9NO3S/c1-12-5-2-3-7(13)6(4-5)8(10)9-11/h2-4,11,13H,1H3,(H,9,10). The molecule has 0 fully saturated rings. The highest BCUT2D eigenvalue weighted by Gasteiger charge is 2.09. The quantitative estimate of drug-likeness (QED) is 0.380. The second-order valence-corrected chi connectivity index (χ2v) is 2.81. The van der Waals surface area contributed by atoms with Crippen molar-refractivity contribution in [3.8, 4) is 5.75 Å². The molecule has 0 spiro atoms. The van der Waals surface area contributed by atoms with Gasteiger partial charge in [0, 0.05) is 4.90 Å². The Hall–Kier alpha value is -1.20. The van der Waals surface area contributed by atoms with E-state index in [4.69, 9.17) is 9.94 Å². The third-order valence-corrected chi connectivity index (χ3v) is 1.94. The molecule has 4 nitrogen and oxygen atoms in total. The smallest absolute Gasteiger partial charge is 0.275 e. The number of hydrogen-bond acceptors (Lipinski definition) is 4. The van der Waals surface area contributed by atoms with Gasteiger partial charge in [-0.2, -0.15) is 0 Å². The Morgan fingerprint density at radius 3 is 2.85 bits per heavy atom. The van der Waals surface area contributed by atoms with E-state index < -0.39 is 5.91 Å². The first-order valence-corrected chi connectivity index (χ1v) is 3.95. The van der Waals surface area contributed by atoms with Gasteiger partial charge in [-0.15, -0.1) is 12.6 Å². The van der Waals surface area contributed by atoms with E-state index in [0.29, 0.717) is 10.6 Å². The van der Waals surface area contributed by atoms with E-state index in [2.05, 4.69) is 12.6 Å². The fraction of sp³-hybridized carbons (Fsp3) is 0.125. The highest BCUT2D eigenvalue weighted by molar-refractivity contribution is 7.80. The lowest BCUT2D eigenvalue weighted by molar-refractivity contribution is 0.0702. The van der Waals surface area contributed by atoms with Crippen molar-refractivity contribution in [1.82, 2.24) is 5.48 Å². The van der Waals surface area contributed by atoms with Crippen molar-refractivity contribution >= 4 is 18.5 Å². The molecule has 0 radical (unpaired) electrons. The molecule has 1 rings (SSSR count). The van der Waals surface area contributed by atoms with Crippen LogP contribution in [0.4, 0.5) is 0 Å². The van der Waals surface area contributed by atoms with Gasteiger partial charge < -0.3 is 4.74 Å². The number of hydroxylamine groups is 1. The lowest BCUT2D eigenvalue weighted by Gasteiger charge is -2.05. The van der Waals surface area contributed by atoms with E-state index in [1.807, 2.05) is 0 Å². The minimum absolute atomic E-state index is 0.269. The second-order valence-electron chi connectivity index (χ2n) is 2.32. The van der Waals surface area contributed by atoms with Gasteiger partial charge in [-0.25, -0.2) is 5.48 Å². The van der Waals surface area contributed by atoms with E-state index in [0.717, 1.165) is 0 Å². The van der Waals surface area contributed by atoms with Crippen LogP contribution in [0, 0.1) is 0 Å². The number of carbonyl (C=O) groups excluding carboxylic acids is 1. The van der Waals surface area contributed by atoms with Gasteiger partial charge in [-0.1, -0.05) is 0 Å². The number of ether oxygens (including phenoxy) is 1. The normalized spacial score (nSPS) is 9.46. The molecule has 0 aliphatic rings. The first kappa shape index (κ1) is 9.88. The highest BCUT2D eigenvalue weighted by atomic mass is 32.1. The van der Waals surface area contributed by atoms with Crippen LogP contribution in [-0.2, 0) is 0 Å². The highest BCUT2D eigenvalue weighted by Crippen LogP contribution is 2.20. The average molecular weight is 199 g/mol. The zero-order chi connectivity index (χ0) is 9.84. The summed E-state index contributed by atoms with van der Waals surface area (Å²) in [5, 5.41) is 8.40. The number of thiol groups is 1. The lowest BCUT2D eigenvalue weighted by atomic mass is 10.2. The molecular formula is C8H9NO3S.